The molecule has 1 atom stereocenters. The van der Waals surface area contributed by atoms with Gasteiger partial charge in [-0.1, -0.05) is 53.5 Å². The fourth-order valence-corrected chi connectivity index (χ4v) is 3.27. The van der Waals surface area contributed by atoms with E-state index in [1.807, 2.05) is 0 Å². The topological polar surface area (TPSA) is 97.2 Å². The number of hydrazone groups is 1. The molecule has 0 heterocycles. The summed E-state index contributed by atoms with van der Waals surface area (Å²) in [6, 6.07) is 17.7. The SMILES string of the molecule is CCOc1cc(/C=N\NC(=O)[C@H](O)c2ccccc2)ccc1OC(=O)c1ccc(Cl)cc1Cl. The number of amides is 1. The fraction of sp³-hybridized carbons (Fsp3) is 0.125. The van der Waals surface area contributed by atoms with Crippen molar-refractivity contribution in [3.05, 3.63) is 93.5 Å². The van der Waals surface area contributed by atoms with Crippen molar-refractivity contribution in [1.29, 1.82) is 0 Å². The van der Waals surface area contributed by atoms with E-state index in [-0.39, 0.29) is 16.3 Å². The van der Waals surface area contributed by atoms with Crippen LogP contribution < -0.4 is 14.9 Å². The van der Waals surface area contributed by atoms with Gasteiger partial charge in [0.25, 0.3) is 5.91 Å². The Bertz CT molecular complexity index is 1170. The van der Waals surface area contributed by atoms with Crippen LogP contribution in [0.4, 0.5) is 0 Å². The van der Waals surface area contributed by atoms with Gasteiger partial charge >= 0.3 is 5.97 Å². The molecule has 3 rings (SSSR count). The van der Waals surface area contributed by atoms with Crippen LogP contribution in [0, 0.1) is 0 Å². The van der Waals surface area contributed by atoms with Crippen LogP contribution in [-0.4, -0.2) is 29.8 Å². The van der Waals surface area contributed by atoms with E-state index in [0.29, 0.717) is 28.5 Å². The van der Waals surface area contributed by atoms with Crippen LogP contribution in [0.5, 0.6) is 11.5 Å². The summed E-state index contributed by atoms with van der Waals surface area (Å²) in [4.78, 5) is 24.6. The molecule has 0 saturated carbocycles. The molecule has 33 heavy (non-hydrogen) atoms. The number of aliphatic hydroxyl groups is 1. The van der Waals surface area contributed by atoms with Gasteiger partial charge in [-0.2, -0.15) is 5.10 Å². The number of esters is 1. The molecule has 1 amide bonds. The average Bonchev–Trinajstić information content (AvgIpc) is 2.80. The molecular formula is C24H20Cl2N2O5. The molecule has 0 spiro atoms. The minimum Gasteiger partial charge on any atom is -0.490 e. The second-order valence-corrected chi connectivity index (χ2v) is 7.54. The number of benzene rings is 3. The second kappa shape index (κ2) is 11.5. The lowest BCUT2D eigenvalue weighted by atomic mass is 10.1. The number of hydrogen-bond acceptors (Lipinski definition) is 6. The monoisotopic (exact) mass is 486 g/mol. The third-order valence-electron chi connectivity index (χ3n) is 4.37. The van der Waals surface area contributed by atoms with E-state index in [1.54, 1.807) is 49.4 Å². The minimum atomic E-state index is -1.34. The van der Waals surface area contributed by atoms with Crippen LogP contribution >= 0.6 is 23.2 Å². The van der Waals surface area contributed by atoms with Gasteiger partial charge in [-0.15, -0.1) is 0 Å². The third kappa shape index (κ3) is 6.55. The summed E-state index contributed by atoms with van der Waals surface area (Å²) in [5, 5.41) is 14.5. The van der Waals surface area contributed by atoms with Crippen LogP contribution in [-0.2, 0) is 4.79 Å². The van der Waals surface area contributed by atoms with Gasteiger partial charge in [0.1, 0.15) is 0 Å². The highest BCUT2D eigenvalue weighted by molar-refractivity contribution is 6.36. The number of carbonyl (C=O) groups excluding carboxylic acids is 2. The summed E-state index contributed by atoms with van der Waals surface area (Å²) in [5.74, 6) is -0.849. The highest BCUT2D eigenvalue weighted by Crippen LogP contribution is 2.30. The number of ether oxygens (including phenoxy) is 2. The molecule has 2 N–H and O–H groups in total. The standard InChI is InChI=1S/C24H20Cl2N2O5/c1-2-32-21-12-15(14-27-28-23(30)22(29)16-6-4-3-5-7-16)8-11-20(21)33-24(31)18-10-9-17(25)13-19(18)26/h3-14,22,29H,2H2,1H3,(H,28,30)/b27-14-/t22-/m1/s1. The number of nitrogens with zero attached hydrogens (tertiary/aromatic N) is 1. The summed E-state index contributed by atoms with van der Waals surface area (Å²) in [6.45, 7) is 2.11. The molecule has 7 nitrogen and oxygen atoms in total. The Balaban J connectivity index is 1.70. The number of nitrogens with one attached hydrogen (secondary N) is 1. The van der Waals surface area contributed by atoms with Crippen LogP contribution in [0.3, 0.4) is 0 Å². The maximum Gasteiger partial charge on any atom is 0.345 e. The van der Waals surface area contributed by atoms with Crippen molar-refractivity contribution < 1.29 is 24.2 Å². The summed E-state index contributed by atoms with van der Waals surface area (Å²) >= 11 is 11.9. The van der Waals surface area contributed by atoms with Gasteiger partial charge in [-0.25, -0.2) is 10.2 Å². The van der Waals surface area contributed by atoms with Crippen LogP contribution in [0.25, 0.3) is 0 Å². The van der Waals surface area contributed by atoms with E-state index < -0.39 is 18.0 Å². The van der Waals surface area contributed by atoms with Crippen molar-refractivity contribution in [3.8, 4) is 11.5 Å². The van der Waals surface area contributed by atoms with Crippen molar-refractivity contribution in [1.82, 2.24) is 5.43 Å². The molecule has 170 valence electrons. The molecule has 0 radical (unpaired) electrons. The highest BCUT2D eigenvalue weighted by Gasteiger charge is 2.17. The molecule has 0 aliphatic carbocycles. The van der Waals surface area contributed by atoms with E-state index in [1.165, 1.54) is 30.5 Å². The summed E-state index contributed by atoms with van der Waals surface area (Å²) in [6.07, 6.45) is 0.0311. The van der Waals surface area contributed by atoms with Gasteiger partial charge in [0, 0.05) is 5.02 Å². The molecule has 3 aromatic rings. The lowest BCUT2D eigenvalue weighted by molar-refractivity contribution is -0.129. The molecule has 9 heteroatoms. The van der Waals surface area contributed by atoms with E-state index in [4.69, 9.17) is 32.7 Å². The number of aliphatic hydroxyl groups excluding tert-OH is 1. The molecule has 0 unspecified atom stereocenters. The van der Waals surface area contributed by atoms with Gasteiger partial charge in [0.05, 0.1) is 23.4 Å². The Hall–Kier alpha value is -3.39. The second-order valence-electron chi connectivity index (χ2n) is 6.70. The predicted octanol–water partition coefficient (Wildman–Crippen LogP) is 4.80. The van der Waals surface area contributed by atoms with Gasteiger partial charge in [0.2, 0.25) is 0 Å². The zero-order valence-corrected chi connectivity index (χ0v) is 19.0. The first-order valence-electron chi connectivity index (χ1n) is 9.89. The van der Waals surface area contributed by atoms with Crippen molar-refractivity contribution in [2.24, 2.45) is 5.10 Å². The van der Waals surface area contributed by atoms with Crippen molar-refractivity contribution in [3.63, 3.8) is 0 Å². The highest BCUT2D eigenvalue weighted by atomic mass is 35.5. The smallest absolute Gasteiger partial charge is 0.345 e. The number of carbonyl (C=O) groups is 2. The normalized spacial score (nSPS) is 11.8. The van der Waals surface area contributed by atoms with Gasteiger partial charge in [-0.3, -0.25) is 4.79 Å². The molecular weight excluding hydrogens is 467 g/mol. The van der Waals surface area contributed by atoms with E-state index >= 15 is 0 Å². The number of hydrogen-bond donors (Lipinski definition) is 2. The lowest BCUT2D eigenvalue weighted by Gasteiger charge is -2.12. The lowest BCUT2D eigenvalue weighted by Crippen LogP contribution is -2.25. The number of rotatable bonds is 8. The largest absolute Gasteiger partial charge is 0.490 e. The summed E-state index contributed by atoms with van der Waals surface area (Å²) in [7, 11) is 0. The first kappa shape index (κ1) is 24.3. The molecule has 3 aromatic carbocycles. The molecule has 0 aliphatic heterocycles. The molecule has 0 saturated heterocycles. The fourth-order valence-electron chi connectivity index (χ4n) is 2.79. The molecule has 0 bridgehead atoms. The Morgan fingerprint density at radius 1 is 1.06 bits per heavy atom. The van der Waals surface area contributed by atoms with E-state index in [9.17, 15) is 14.7 Å². The van der Waals surface area contributed by atoms with E-state index in [2.05, 4.69) is 10.5 Å². The van der Waals surface area contributed by atoms with Crippen molar-refractivity contribution >= 4 is 41.3 Å². The third-order valence-corrected chi connectivity index (χ3v) is 4.92. The quantitative estimate of drug-likeness (QED) is 0.206. The van der Waals surface area contributed by atoms with Crippen LogP contribution in [0.1, 0.15) is 34.5 Å². The molecule has 0 aliphatic rings. The zero-order chi connectivity index (χ0) is 23.8. The first-order valence-corrected chi connectivity index (χ1v) is 10.6. The van der Waals surface area contributed by atoms with Crippen molar-refractivity contribution in [2.45, 2.75) is 13.0 Å². The zero-order valence-electron chi connectivity index (χ0n) is 17.5. The molecule has 0 aromatic heterocycles. The Kier molecular flexibility index (Phi) is 8.43. The Morgan fingerprint density at radius 3 is 2.52 bits per heavy atom. The summed E-state index contributed by atoms with van der Waals surface area (Å²) in [5.41, 5.74) is 3.47. The number of halogens is 2. The Morgan fingerprint density at radius 2 is 1.82 bits per heavy atom. The van der Waals surface area contributed by atoms with E-state index in [0.717, 1.165) is 0 Å². The maximum absolute atomic E-state index is 12.5. The molecule has 0 fully saturated rings. The van der Waals surface area contributed by atoms with Gasteiger partial charge < -0.3 is 14.6 Å². The maximum atomic E-state index is 12.5. The predicted molar refractivity (Wildman–Crippen MR) is 126 cm³/mol. The first-order chi connectivity index (χ1) is 15.9. The van der Waals surface area contributed by atoms with Gasteiger partial charge in [-0.05, 0) is 54.4 Å². The van der Waals surface area contributed by atoms with Crippen LogP contribution in [0.2, 0.25) is 10.0 Å². The minimum absolute atomic E-state index is 0.161. The summed E-state index contributed by atoms with van der Waals surface area (Å²) < 4.78 is 11.0. The van der Waals surface area contributed by atoms with Gasteiger partial charge in [0.15, 0.2) is 17.6 Å². The Labute approximate surface area is 200 Å². The average molecular weight is 487 g/mol. The van der Waals surface area contributed by atoms with Crippen molar-refractivity contribution in [2.75, 3.05) is 6.61 Å². The van der Waals surface area contributed by atoms with Crippen LogP contribution in [0.15, 0.2) is 71.8 Å².